The lowest BCUT2D eigenvalue weighted by molar-refractivity contribution is -0.0192. The molecule has 1 saturated heterocycles. The Morgan fingerprint density at radius 2 is 2.20 bits per heavy atom. The van der Waals surface area contributed by atoms with Crippen LogP contribution >= 0.6 is 0 Å². The predicted molar refractivity (Wildman–Crippen MR) is 79.6 cm³/mol. The molecule has 1 atom stereocenters. The molecular weight excluding hydrogens is 256 g/mol. The number of nitrogen functional groups attached to an aromatic ring is 1. The van der Waals surface area contributed by atoms with Crippen LogP contribution in [0.1, 0.15) is 19.7 Å². The van der Waals surface area contributed by atoms with Crippen molar-refractivity contribution in [1.82, 2.24) is 14.9 Å². The molecule has 0 aromatic carbocycles. The molecule has 0 spiro atoms. The summed E-state index contributed by atoms with van der Waals surface area (Å²) in [6, 6.07) is 1.81. The van der Waals surface area contributed by atoms with E-state index in [1.54, 1.807) is 6.07 Å². The van der Waals surface area contributed by atoms with Gasteiger partial charge >= 0.3 is 0 Å². The van der Waals surface area contributed by atoms with Gasteiger partial charge < -0.3 is 15.5 Å². The molecule has 2 heterocycles. The lowest BCUT2D eigenvalue weighted by atomic mass is 10.2. The van der Waals surface area contributed by atoms with Crippen LogP contribution in [-0.2, 0) is 11.2 Å². The standard InChI is InChI=1S/C13H24N6O/c1-3-11-16-12(7-13(17-11)18-14)15-8-10-9-19(4-2)5-6-20-10/h7,10H,3-6,8-9,14H2,1-2H3,(H2,15,16,17,18). The summed E-state index contributed by atoms with van der Waals surface area (Å²) < 4.78 is 5.76. The van der Waals surface area contributed by atoms with Gasteiger partial charge in [0, 0.05) is 32.1 Å². The third kappa shape index (κ3) is 4.03. The molecule has 2 rings (SSSR count). The van der Waals surface area contributed by atoms with Gasteiger partial charge in [-0.2, -0.15) is 0 Å². The molecule has 0 aliphatic carbocycles. The summed E-state index contributed by atoms with van der Waals surface area (Å²) in [6.07, 6.45) is 0.964. The number of anilines is 2. The average molecular weight is 280 g/mol. The van der Waals surface area contributed by atoms with Crippen LogP contribution in [0.2, 0.25) is 0 Å². The highest BCUT2D eigenvalue weighted by Gasteiger charge is 2.19. The van der Waals surface area contributed by atoms with E-state index in [9.17, 15) is 0 Å². The SMILES string of the molecule is CCc1nc(NN)cc(NCC2CN(CC)CCO2)n1. The fraction of sp³-hybridized carbons (Fsp3) is 0.692. The van der Waals surface area contributed by atoms with Crippen molar-refractivity contribution >= 4 is 11.6 Å². The summed E-state index contributed by atoms with van der Waals surface area (Å²) in [5, 5.41) is 3.31. The number of hydrogen-bond acceptors (Lipinski definition) is 7. The van der Waals surface area contributed by atoms with Crippen LogP contribution in [0, 0.1) is 0 Å². The van der Waals surface area contributed by atoms with Crippen LogP contribution in [0.3, 0.4) is 0 Å². The summed E-state index contributed by atoms with van der Waals surface area (Å²) in [6.45, 7) is 8.75. The number of likely N-dealkylation sites (N-methyl/N-ethyl adjacent to an activating group) is 1. The quantitative estimate of drug-likeness (QED) is 0.515. The first kappa shape index (κ1) is 15.0. The Kier molecular flexibility index (Phi) is 5.51. The molecule has 1 aromatic heterocycles. The zero-order valence-corrected chi connectivity index (χ0v) is 12.2. The van der Waals surface area contributed by atoms with Crippen molar-refractivity contribution in [2.75, 3.05) is 43.5 Å². The van der Waals surface area contributed by atoms with Gasteiger partial charge in [0.15, 0.2) is 0 Å². The highest BCUT2D eigenvalue weighted by Crippen LogP contribution is 2.12. The number of ether oxygens (including phenoxy) is 1. The second-order valence-corrected chi connectivity index (χ2v) is 4.82. The largest absolute Gasteiger partial charge is 0.374 e. The van der Waals surface area contributed by atoms with Crippen molar-refractivity contribution in [1.29, 1.82) is 0 Å². The summed E-state index contributed by atoms with van der Waals surface area (Å²) in [4.78, 5) is 11.1. The summed E-state index contributed by atoms with van der Waals surface area (Å²) in [5.74, 6) is 7.59. The molecule has 1 aromatic rings. The zero-order valence-electron chi connectivity index (χ0n) is 12.2. The third-order valence-electron chi connectivity index (χ3n) is 3.42. The maximum absolute atomic E-state index is 5.76. The maximum Gasteiger partial charge on any atom is 0.145 e. The highest BCUT2D eigenvalue weighted by molar-refractivity contribution is 5.46. The van der Waals surface area contributed by atoms with Gasteiger partial charge in [0.1, 0.15) is 17.5 Å². The summed E-state index contributed by atoms with van der Waals surface area (Å²) in [5.41, 5.74) is 2.57. The Bertz CT molecular complexity index is 405. The molecule has 112 valence electrons. The van der Waals surface area contributed by atoms with Gasteiger partial charge in [-0.1, -0.05) is 13.8 Å². The smallest absolute Gasteiger partial charge is 0.145 e. The Hall–Kier alpha value is -1.44. The number of rotatable bonds is 6. The molecule has 7 nitrogen and oxygen atoms in total. The number of hydrazine groups is 1. The first-order valence-electron chi connectivity index (χ1n) is 7.17. The molecule has 1 unspecified atom stereocenters. The molecule has 1 aliphatic rings. The summed E-state index contributed by atoms with van der Waals surface area (Å²) in [7, 11) is 0. The molecule has 0 radical (unpaired) electrons. The second kappa shape index (κ2) is 7.37. The van der Waals surface area contributed by atoms with Crippen molar-refractivity contribution < 1.29 is 4.74 Å². The van der Waals surface area contributed by atoms with E-state index < -0.39 is 0 Å². The first-order chi connectivity index (χ1) is 9.75. The van der Waals surface area contributed by atoms with Crippen LogP contribution in [0.15, 0.2) is 6.07 Å². The molecule has 0 bridgehead atoms. The van der Waals surface area contributed by atoms with Gasteiger partial charge in [0.25, 0.3) is 0 Å². The average Bonchev–Trinajstić information content (AvgIpc) is 2.52. The molecule has 0 saturated carbocycles. The molecule has 7 heteroatoms. The molecule has 4 N–H and O–H groups in total. The van der Waals surface area contributed by atoms with Crippen LogP contribution in [0.4, 0.5) is 11.6 Å². The Balaban J connectivity index is 1.92. The number of aryl methyl sites for hydroxylation is 1. The Morgan fingerprint density at radius 1 is 1.40 bits per heavy atom. The summed E-state index contributed by atoms with van der Waals surface area (Å²) >= 11 is 0. The highest BCUT2D eigenvalue weighted by atomic mass is 16.5. The van der Waals surface area contributed by atoms with Gasteiger partial charge in [-0.05, 0) is 6.54 Å². The predicted octanol–water partition coefficient (Wildman–Crippen LogP) is 0.457. The number of aromatic nitrogens is 2. The first-order valence-corrected chi connectivity index (χ1v) is 7.17. The van der Waals surface area contributed by atoms with E-state index in [0.717, 1.165) is 50.8 Å². The fourth-order valence-corrected chi connectivity index (χ4v) is 2.23. The van der Waals surface area contributed by atoms with E-state index in [1.807, 2.05) is 6.92 Å². The minimum Gasteiger partial charge on any atom is -0.374 e. The normalized spacial score (nSPS) is 19.9. The van der Waals surface area contributed by atoms with Gasteiger partial charge in [0.2, 0.25) is 0 Å². The van der Waals surface area contributed by atoms with E-state index in [4.69, 9.17) is 10.6 Å². The van der Waals surface area contributed by atoms with Crippen LogP contribution in [0.5, 0.6) is 0 Å². The van der Waals surface area contributed by atoms with Crippen LogP contribution < -0.4 is 16.6 Å². The van der Waals surface area contributed by atoms with Gasteiger partial charge in [-0.3, -0.25) is 4.90 Å². The fourth-order valence-electron chi connectivity index (χ4n) is 2.23. The minimum atomic E-state index is 0.193. The number of nitrogens with zero attached hydrogens (tertiary/aromatic N) is 3. The molecular formula is C13H24N6O. The Morgan fingerprint density at radius 3 is 2.90 bits per heavy atom. The number of nitrogens with two attached hydrogens (primary N) is 1. The maximum atomic E-state index is 5.76. The molecule has 1 fully saturated rings. The van der Waals surface area contributed by atoms with E-state index in [-0.39, 0.29) is 6.10 Å². The van der Waals surface area contributed by atoms with Gasteiger partial charge in [-0.25, -0.2) is 15.8 Å². The molecule has 1 aliphatic heterocycles. The lowest BCUT2D eigenvalue weighted by Gasteiger charge is -2.32. The van der Waals surface area contributed by atoms with Crippen molar-refractivity contribution in [2.24, 2.45) is 5.84 Å². The van der Waals surface area contributed by atoms with E-state index in [2.05, 4.69) is 32.5 Å². The van der Waals surface area contributed by atoms with Crippen molar-refractivity contribution in [2.45, 2.75) is 26.4 Å². The van der Waals surface area contributed by atoms with E-state index >= 15 is 0 Å². The van der Waals surface area contributed by atoms with Gasteiger partial charge in [-0.15, -0.1) is 0 Å². The van der Waals surface area contributed by atoms with E-state index in [0.29, 0.717) is 5.82 Å². The zero-order chi connectivity index (χ0) is 14.4. The van der Waals surface area contributed by atoms with Crippen LogP contribution in [-0.4, -0.2) is 53.8 Å². The number of nitrogens with one attached hydrogen (secondary N) is 2. The third-order valence-corrected chi connectivity index (χ3v) is 3.42. The van der Waals surface area contributed by atoms with E-state index in [1.165, 1.54) is 0 Å². The number of hydrogen-bond donors (Lipinski definition) is 3. The van der Waals surface area contributed by atoms with Crippen molar-refractivity contribution in [3.63, 3.8) is 0 Å². The van der Waals surface area contributed by atoms with Crippen molar-refractivity contribution in [3.8, 4) is 0 Å². The van der Waals surface area contributed by atoms with Crippen LogP contribution in [0.25, 0.3) is 0 Å². The number of morpholine rings is 1. The van der Waals surface area contributed by atoms with Crippen molar-refractivity contribution in [3.05, 3.63) is 11.9 Å². The monoisotopic (exact) mass is 280 g/mol. The minimum absolute atomic E-state index is 0.193. The topological polar surface area (TPSA) is 88.3 Å². The Labute approximate surface area is 119 Å². The van der Waals surface area contributed by atoms with Gasteiger partial charge in [0.05, 0.1) is 12.7 Å². The molecule has 20 heavy (non-hydrogen) atoms. The molecule has 0 amide bonds. The lowest BCUT2D eigenvalue weighted by Crippen LogP contribution is -2.45. The second-order valence-electron chi connectivity index (χ2n) is 4.82.